The van der Waals surface area contributed by atoms with Crippen LogP contribution in [0.5, 0.6) is 11.5 Å². The molecule has 1 fully saturated rings. The van der Waals surface area contributed by atoms with Gasteiger partial charge in [0.1, 0.15) is 0 Å². The maximum Gasteiger partial charge on any atom is 0.240 e. The molecule has 164 valence electrons. The number of rotatable bonds is 9. The van der Waals surface area contributed by atoms with Crippen molar-refractivity contribution in [1.29, 1.82) is 0 Å². The predicted molar refractivity (Wildman–Crippen MR) is 120 cm³/mol. The van der Waals surface area contributed by atoms with Crippen molar-refractivity contribution in [2.24, 2.45) is 0 Å². The first kappa shape index (κ1) is 22.4. The first-order chi connectivity index (χ1) is 14.5. The molecule has 0 atom stereocenters. The average molecular weight is 433 g/mol. The second-order valence-corrected chi connectivity index (χ2v) is 9.35. The summed E-state index contributed by atoms with van der Waals surface area (Å²) in [7, 11) is -0.585. The van der Waals surface area contributed by atoms with Gasteiger partial charge < -0.3 is 14.4 Å². The summed E-state index contributed by atoms with van der Waals surface area (Å²) in [5.74, 6) is 0.893. The summed E-state index contributed by atoms with van der Waals surface area (Å²) in [6, 6.07) is 13.3. The molecule has 0 unspecified atom stereocenters. The van der Waals surface area contributed by atoms with E-state index in [2.05, 4.69) is 33.9 Å². The van der Waals surface area contributed by atoms with Crippen LogP contribution in [0.1, 0.15) is 37.7 Å². The van der Waals surface area contributed by atoms with Gasteiger partial charge in [-0.3, -0.25) is 0 Å². The van der Waals surface area contributed by atoms with Crippen LogP contribution in [0, 0.1) is 0 Å². The fourth-order valence-corrected chi connectivity index (χ4v) is 4.86. The van der Waals surface area contributed by atoms with Crippen LogP contribution in [0.3, 0.4) is 0 Å². The summed E-state index contributed by atoms with van der Waals surface area (Å²) in [4.78, 5) is 2.63. The lowest BCUT2D eigenvalue weighted by Gasteiger charge is -2.22. The molecule has 6 nitrogen and oxygen atoms in total. The Morgan fingerprint density at radius 2 is 1.57 bits per heavy atom. The number of nitrogens with one attached hydrogen (secondary N) is 1. The Bertz CT molecular complexity index is 905. The van der Waals surface area contributed by atoms with Crippen molar-refractivity contribution in [3.05, 3.63) is 48.0 Å². The van der Waals surface area contributed by atoms with Gasteiger partial charge in [0.05, 0.1) is 19.1 Å². The number of hydrogen-bond donors (Lipinski definition) is 1. The molecule has 0 saturated carbocycles. The predicted octanol–water partition coefficient (Wildman–Crippen LogP) is 4.00. The highest BCUT2D eigenvalue weighted by molar-refractivity contribution is 7.89. The molecular weight excluding hydrogens is 400 g/mol. The van der Waals surface area contributed by atoms with Gasteiger partial charge in [0.15, 0.2) is 11.5 Å². The molecule has 0 bridgehead atoms. The van der Waals surface area contributed by atoms with Crippen molar-refractivity contribution in [1.82, 2.24) is 4.72 Å². The molecule has 0 aliphatic carbocycles. The molecule has 1 heterocycles. The van der Waals surface area contributed by atoms with Crippen LogP contribution >= 0.6 is 0 Å². The average Bonchev–Trinajstić information content (AvgIpc) is 3.06. The summed E-state index contributed by atoms with van der Waals surface area (Å²) >= 11 is 0. The number of benzene rings is 2. The van der Waals surface area contributed by atoms with Crippen molar-refractivity contribution in [2.75, 3.05) is 38.8 Å². The molecule has 2 aromatic rings. The van der Waals surface area contributed by atoms with E-state index in [0.29, 0.717) is 18.0 Å². The topological polar surface area (TPSA) is 67.9 Å². The Kier molecular flexibility index (Phi) is 7.99. The van der Waals surface area contributed by atoms with E-state index in [4.69, 9.17) is 9.47 Å². The molecule has 0 aromatic heterocycles. The third kappa shape index (κ3) is 5.89. The first-order valence-corrected chi connectivity index (χ1v) is 12.1. The second kappa shape index (κ2) is 10.7. The Balaban J connectivity index is 1.50. The van der Waals surface area contributed by atoms with Crippen molar-refractivity contribution in [3.8, 4) is 11.5 Å². The van der Waals surface area contributed by atoms with Gasteiger partial charge in [-0.2, -0.15) is 0 Å². The zero-order valence-electron chi connectivity index (χ0n) is 17.9. The highest BCUT2D eigenvalue weighted by atomic mass is 32.2. The number of ether oxygens (including phenoxy) is 2. The summed E-state index contributed by atoms with van der Waals surface area (Å²) in [6.07, 6.45) is 6.75. The van der Waals surface area contributed by atoms with Crippen LogP contribution in [0.2, 0.25) is 0 Å². The van der Waals surface area contributed by atoms with Crippen LogP contribution in [-0.4, -0.2) is 42.3 Å². The van der Waals surface area contributed by atoms with Gasteiger partial charge in [0, 0.05) is 31.4 Å². The highest BCUT2D eigenvalue weighted by Gasteiger charge is 2.16. The summed E-state index contributed by atoms with van der Waals surface area (Å²) in [5, 5.41) is 0. The van der Waals surface area contributed by atoms with E-state index in [-0.39, 0.29) is 4.90 Å². The second-order valence-electron chi connectivity index (χ2n) is 7.59. The van der Waals surface area contributed by atoms with E-state index in [9.17, 15) is 8.42 Å². The fourth-order valence-electron chi connectivity index (χ4n) is 3.77. The van der Waals surface area contributed by atoms with Crippen LogP contribution in [0.4, 0.5) is 5.69 Å². The molecule has 30 heavy (non-hydrogen) atoms. The summed E-state index contributed by atoms with van der Waals surface area (Å²) < 4.78 is 38.1. The number of methoxy groups -OCH3 is 2. The minimum absolute atomic E-state index is 0.168. The Hall–Kier alpha value is -2.25. The van der Waals surface area contributed by atoms with Gasteiger partial charge in [0.2, 0.25) is 10.0 Å². The van der Waals surface area contributed by atoms with Gasteiger partial charge in [0.25, 0.3) is 0 Å². The Labute approximate surface area is 180 Å². The minimum atomic E-state index is -3.59. The van der Waals surface area contributed by atoms with E-state index in [1.807, 2.05) is 0 Å². The van der Waals surface area contributed by atoms with E-state index in [1.165, 1.54) is 63.3 Å². The third-order valence-corrected chi connectivity index (χ3v) is 6.97. The molecule has 7 heteroatoms. The molecule has 3 rings (SSSR count). The van der Waals surface area contributed by atoms with Crippen molar-refractivity contribution in [2.45, 2.75) is 43.4 Å². The number of hydrogen-bond acceptors (Lipinski definition) is 5. The van der Waals surface area contributed by atoms with Crippen LogP contribution < -0.4 is 19.1 Å². The van der Waals surface area contributed by atoms with E-state index in [0.717, 1.165) is 25.9 Å². The molecule has 1 saturated heterocycles. The zero-order chi connectivity index (χ0) is 21.4. The molecule has 0 radical (unpaired) electrons. The lowest BCUT2D eigenvalue weighted by molar-refractivity contribution is 0.354. The Morgan fingerprint density at radius 3 is 2.20 bits per heavy atom. The maximum absolute atomic E-state index is 12.5. The molecular formula is C23H32N2O4S. The fraction of sp³-hybridized carbons (Fsp3) is 0.478. The number of nitrogens with zero attached hydrogens (tertiary/aromatic N) is 1. The van der Waals surface area contributed by atoms with Gasteiger partial charge >= 0.3 is 0 Å². The SMILES string of the molecule is COc1ccc(S(=O)(=O)NCCCc2ccc(N3CCCCCC3)cc2)cc1OC. The first-order valence-electron chi connectivity index (χ1n) is 10.6. The third-order valence-electron chi connectivity index (χ3n) is 5.51. The van der Waals surface area contributed by atoms with Gasteiger partial charge in [-0.15, -0.1) is 0 Å². The van der Waals surface area contributed by atoms with Gasteiger partial charge in [-0.25, -0.2) is 13.1 Å². The Morgan fingerprint density at radius 1 is 0.900 bits per heavy atom. The number of aryl methyl sites for hydroxylation is 1. The lowest BCUT2D eigenvalue weighted by atomic mass is 10.1. The van der Waals surface area contributed by atoms with Crippen LogP contribution in [-0.2, 0) is 16.4 Å². The van der Waals surface area contributed by atoms with Crippen molar-refractivity contribution < 1.29 is 17.9 Å². The highest BCUT2D eigenvalue weighted by Crippen LogP contribution is 2.29. The summed E-state index contributed by atoms with van der Waals surface area (Å²) in [5.41, 5.74) is 2.51. The molecule has 0 amide bonds. The van der Waals surface area contributed by atoms with Gasteiger partial charge in [-0.05, 0) is 55.5 Å². The van der Waals surface area contributed by atoms with E-state index in [1.54, 1.807) is 6.07 Å². The smallest absolute Gasteiger partial charge is 0.240 e. The molecule has 0 spiro atoms. The maximum atomic E-state index is 12.5. The van der Waals surface area contributed by atoms with E-state index < -0.39 is 10.0 Å². The van der Waals surface area contributed by atoms with Crippen molar-refractivity contribution >= 4 is 15.7 Å². The monoisotopic (exact) mass is 432 g/mol. The quantitative estimate of drug-likeness (QED) is 0.607. The van der Waals surface area contributed by atoms with Crippen LogP contribution in [0.25, 0.3) is 0 Å². The minimum Gasteiger partial charge on any atom is -0.493 e. The number of sulfonamides is 1. The normalized spacial score (nSPS) is 14.9. The largest absolute Gasteiger partial charge is 0.493 e. The van der Waals surface area contributed by atoms with Gasteiger partial charge in [-0.1, -0.05) is 25.0 Å². The zero-order valence-corrected chi connectivity index (χ0v) is 18.7. The standard InChI is InChI=1S/C23H32N2O4S/c1-28-22-14-13-21(18-23(22)29-2)30(26,27)24-15-7-8-19-9-11-20(12-10-19)25-16-5-3-4-6-17-25/h9-14,18,24H,3-8,15-17H2,1-2H3. The van der Waals surface area contributed by atoms with Crippen molar-refractivity contribution in [3.63, 3.8) is 0 Å². The molecule has 1 N–H and O–H groups in total. The molecule has 2 aromatic carbocycles. The molecule has 1 aliphatic heterocycles. The summed E-state index contributed by atoms with van der Waals surface area (Å²) in [6.45, 7) is 2.65. The lowest BCUT2D eigenvalue weighted by Crippen LogP contribution is -2.25. The molecule has 1 aliphatic rings. The van der Waals surface area contributed by atoms with Crippen LogP contribution in [0.15, 0.2) is 47.4 Å². The van der Waals surface area contributed by atoms with E-state index >= 15 is 0 Å². The number of anilines is 1.